The molecule has 0 N–H and O–H groups in total. The Morgan fingerprint density at radius 3 is 1.94 bits per heavy atom. The molecule has 0 heterocycles. The summed E-state index contributed by atoms with van der Waals surface area (Å²) >= 11 is 18.2. The molecular weight excluding hydrogens is 283 g/mol. The molecule has 0 radical (unpaired) electrons. The Morgan fingerprint density at radius 2 is 1.56 bits per heavy atom. The fourth-order valence-electron chi connectivity index (χ4n) is 2.25. The molecule has 1 atom stereocenters. The highest BCUT2D eigenvalue weighted by molar-refractivity contribution is 6.71. The smallest absolute Gasteiger partial charge is 0.215 e. The van der Waals surface area contributed by atoms with Crippen LogP contribution >= 0.6 is 34.8 Å². The van der Waals surface area contributed by atoms with Crippen molar-refractivity contribution in [1.82, 2.24) is 0 Å². The lowest BCUT2D eigenvalue weighted by atomic mass is 9.86. The van der Waals surface area contributed by atoms with Crippen LogP contribution in [0.1, 0.15) is 32.1 Å². The van der Waals surface area contributed by atoms with Crippen LogP contribution in [0.3, 0.4) is 0 Å². The zero-order valence-electron chi connectivity index (χ0n) is 10.2. The maximum atomic E-state index is 6.08. The lowest BCUT2D eigenvalue weighted by Crippen LogP contribution is -2.44. The largest absolute Gasteiger partial charge is 0.410 e. The molecule has 0 spiro atoms. The number of hydrogen-bond donors (Lipinski definition) is 0. The molecule has 1 saturated carbocycles. The van der Waals surface area contributed by atoms with Gasteiger partial charge < -0.3 is 4.43 Å². The SMILES string of the molecule is C[Si](C)(C)O[C@H](C1CCCCC1)C(Cl)(Cl)Cl. The van der Waals surface area contributed by atoms with E-state index in [9.17, 15) is 0 Å². The highest BCUT2D eigenvalue weighted by Gasteiger charge is 2.42. The van der Waals surface area contributed by atoms with Gasteiger partial charge in [-0.15, -0.1) is 0 Å². The van der Waals surface area contributed by atoms with Gasteiger partial charge in [0.1, 0.15) is 0 Å². The quantitative estimate of drug-likeness (QED) is 0.517. The van der Waals surface area contributed by atoms with E-state index in [1.54, 1.807) is 0 Å². The van der Waals surface area contributed by atoms with Crippen molar-refractivity contribution in [2.45, 2.75) is 61.6 Å². The summed E-state index contributed by atoms with van der Waals surface area (Å²) in [5.74, 6) is 0.410. The second-order valence-electron chi connectivity index (χ2n) is 5.59. The molecule has 0 aromatic rings. The van der Waals surface area contributed by atoms with E-state index < -0.39 is 12.1 Å². The van der Waals surface area contributed by atoms with Crippen LogP contribution in [0.15, 0.2) is 0 Å². The van der Waals surface area contributed by atoms with Crippen molar-refractivity contribution >= 4 is 43.1 Å². The van der Waals surface area contributed by atoms with E-state index in [4.69, 9.17) is 39.2 Å². The summed E-state index contributed by atoms with van der Waals surface area (Å²) in [5, 5.41) is 0. The third-order valence-electron chi connectivity index (χ3n) is 2.88. The normalized spacial score (nSPS) is 22.1. The maximum absolute atomic E-state index is 6.08. The lowest BCUT2D eigenvalue weighted by Gasteiger charge is -2.38. The monoisotopic (exact) mass is 302 g/mol. The molecule has 5 heteroatoms. The first-order valence-electron chi connectivity index (χ1n) is 5.95. The fraction of sp³-hybridized carbons (Fsp3) is 1.00. The van der Waals surface area contributed by atoms with Crippen LogP contribution in [0.25, 0.3) is 0 Å². The maximum Gasteiger partial charge on any atom is 0.215 e. The molecule has 0 unspecified atom stereocenters. The van der Waals surface area contributed by atoms with E-state index in [-0.39, 0.29) is 6.10 Å². The van der Waals surface area contributed by atoms with Gasteiger partial charge in [-0.25, -0.2) is 0 Å². The minimum Gasteiger partial charge on any atom is -0.410 e. The van der Waals surface area contributed by atoms with Crippen molar-refractivity contribution in [1.29, 1.82) is 0 Å². The Labute approximate surface area is 115 Å². The van der Waals surface area contributed by atoms with Crippen molar-refractivity contribution < 1.29 is 4.43 Å². The summed E-state index contributed by atoms with van der Waals surface area (Å²) in [6, 6.07) is 0. The molecule has 1 rings (SSSR count). The Bertz CT molecular complexity index is 216. The Balaban J connectivity index is 2.70. The molecule has 1 aliphatic rings. The Morgan fingerprint density at radius 1 is 1.06 bits per heavy atom. The zero-order chi connectivity index (χ0) is 12.4. The molecule has 0 aliphatic heterocycles. The fourth-order valence-corrected chi connectivity index (χ4v) is 4.27. The van der Waals surface area contributed by atoms with Crippen LogP contribution < -0.4 is 0 Å². The molecule has 1 aliphatic carbocycles. The van der Waals surface area contributed by atoms with Crippen LogP contribution in [-0.4, -0.2) is 18.2 Å². The minimum atomic E-state index is -1.67. The van der Waals surface area contributed by atoms with E-state index >= 15 is 0 Å². The molecule has 1 fully saturated rings. The van der Waals surface area contributed by atoms with Crippen LogP contribution in [0.5, 0.6) is 0 Å². The van der Waals surface area contributed by atoms with E-state index in [0.29, 0.717) is 5.92 Å². The predicted molar refractivity (Wildman–Crippen MR) is 75.1 cm³/mol. The predicted octanol–water partition coefficient (Wildman–Crippen LogP) is 5.16. The lowest BCUT2D eigenvalue weighted by molar-refractivity contribution is 0.104. The zero-order valence-corrected chi connectivity index (χ0v) is 13.5. The van der Waals surface area contributed by atoms with Crippen molar-refractivity contribution in [3.63, 3.8) is 0 Å². The molecule has 0 aromatic carbocycles. The molecule has 1 nitrogen and oxygen atoms in total. The number of rotatable bonds is 3. The first-order valence-corrected chi connectivity index (χ1v) is 10.5. The van der Waals surface area contributed by atoms with Gasteiger partial charge >= 0.3 is 0 Å². The Hall–Kier alpha value is 1.05. The van der Waals surface area contributed by atoms with Gasteiger partial charge in [0.15, 0.2) is 8.32 Å². The van der Waals surface area contributed by atoms with E-state index in [2.05, 4.69) is 19.6 Å². The third-order valence-corrected chi connectivity index (χ3v) is 4.49. The van der Waals surface area contributed by atoms with Gasteiger partial charge in [-0.05, 0) is 38.4 Å². The number of hydrogen-bond acceptors (Lipinski definition) is 1. The molecule has 0 bridgehead atoms. The highest BCUT2D eigenvalue weighted by atomic mass is 35.6. The van der Waals surface area contributed by atoms with Crippen molar-refractivity contribution in [3.8, 4) is 0 Å². The summed E-state index contributed by atoms with van der Waals surface area (Å²) in [5.41, 5.74) is 0. The van der Waals surface area contributed by atoms with Crippen LogP contribution in [0.2, 0.25) is 19.6 Å². The van der Waals surface area contributed by atoms with Gasteiger partial charge in [-0.3, -0.25) is 0 Å². The van der Waals surface area contributed by atoms with Crippen LogP contribution in [0.4, 0.5) is 0 Å². The summed E-state index contributed by atoms with van der Waals surface area (Å²) in [6.07, 6.45) is 5.79. The van der Waals surface area contributed by atoms with Gasteiger partial charge in [0.2, 0.25) is 3.79 Å². The summed E-state index contributed by atoms with van der Waals surface area (Å²) in [4.78, 5) is 0. The summed E-state index contributed by atoms with van der Waals surface area (Å²) in [6.45, 7) is 6.41. The van der Waals surface area contributed by atoms with Gasteiger partial charge in [0.25, 0.3) is 0 Å². The van der Waals surface area contributed by atoms with E-state index in [0.717, 1.165) is 12.8 Å². The molecule has 16 heavy (non-hydrogen) atoms. The van der Waals surface area contributed by atoms with E-state index in [1.807, 2.05) is 0 Å². The molecule has 96 valence electrons. The van der Waals surface area contributed by atoms with E-state index in [1.165, 1.54) is 19.3 Å². The van der Waals surface area contributed by atoms with Crippen LogP contribution in [-0.2, 0) is 4.43 Å². The molecular formula is C11H21Cl3OSi. The highest BCUT2D eigenvalue weighted by Crippen LogP contribution is 2.42. The average molecular weight is 304 g/mol. The van der Waals surface area contributed by atoms with Gasteiger partial charge in [0.05, 0.1) is 6.10 Å². The molecule has 0 aromatic heterocycles. The van der Waals surface area contributed by atoms with Crippen molar-refractivity contribution in [3.05, 3.63) is 0 Å². The van der Waals surface area contributed by atoms with Crippen molar-refractivity contribution in [2.24, 2.45) is 5.92 Å². The molecule has 0 amide bonds. The van der Waals surface area contributed by atoms with Gasteiger partial charge in [0, 0.05) is 0 Å². The first kappa shape index (κ1) is 15.1. The standard InChI is InChI=1S/C11H21Cl3OSi/c1-16(2,3)15-10(11(12,13)14)9-7-5-4-6-8-9/h9-10H,4-8H2,1-3H3/t10-/m1/s1. The first-order chi connectivity index (χ1) is 7.20. The number of halogens is 3. The summed E-state index contributed by atoms with van der Waals surface area (Å²) in [7, 11) is -1.67. The van der Waals surface area contributed by atoms with Crippen LogP contribution in [0, 0.1) is 5.92 Å². The second-order valence-corrected chi connectivity index (χ2v) is 12.4. The van der Waals surface area contributed by atoms with Gasteiger partial charge in [-0.2, -0.15) is 0 Å². The van der Waals surface area contributed by atoms with Crippen molar-refractivity contribution in [2.75, 3.05) is 0 Å². The second kappa shape index (κ2) is 5.79. The minimum absolute atomic E-state index is 0.232. The molecule has 0 saturated heterocycles. The average Bonchev–Trinajstić information content (AvgIpc) is 2.13. The Kier molecular flexibility index (Phi) is 5.47. The number of alkyl halides is 3. The summed E-state index contributed by atoms with van der Waals surface area (Å²) < 4.78 is 4.80. The topological polar surface area (TPSA) is 9.23 Å². The third kappa shape index (κ3) is 5.13. The van der Waals surface area contributed by atoms with Gasteiger partial charge in [-0.1, -0.05) is 54.1 Å².